The molecule has 5 aromatic rings. The topological polar surface area (TPSA) is 189 Å². The molecule has 52 heavy (non-hydrogen) atoms. The van der Waals surface area contributed by atoms with Crippen LogP contribution < -0.4 is 9.44 Å². The number of esters is 2. The zero-order valence-electron chi connectivity index (χ0n) is 26.7. The van der Waals surface area contributed by atoms with Crippen LogP contribution in [-0.4, -0.2) is 61.7 Å². The molecular formula is C27H25BrClF3N6O8S6. The Morgan fingerprint density at radius 3 is 1.88 bits per heavy atom. The summed E-state index contributed by atoms with van der Waals surface area (Å²) in [6, 6.07) is 5.03. The number of ether oxygens (including phenoxy) is 2. The number of hydrogen-bond acceptors (Lipinski definition) is 15. The molecule has 0 fully saturated rings. The summed E-state index contributed by atoms with van der Waals surface area (Å²) in [5.74, 6) is -0.833. The van der Waals surface area contributed by atoms with E-state index in [4.69, 9.17) is 21.1 Å². The van der Waals surface area contributed by atoms with Crippen molar-refractivity contribution < 1.29 is 49.1 Å². The minimum absolute atomic E-state index is 0.0160. The number of thiophene rings is 2. The second-order valence-electron chi connectivity index (χ2n) is 9.78. The number of alkyl halides is 3. The molecule has 0 spiro atoms. The van der Waals surface area contributed by atoms with Crippen molar-refractivity contribution in [1.29, 1.82) is 0 Å². The van der Waals surface area contributed by atoms with Gasteiger partial charge in [-0.1, -0.05) is 11.6 Å². The molecule has 25 heteroatoms. The number of carbonyl (C=O) groups excluding carboxylic acids is 2. The van der Waals surface area contributed by atoms with Crippen LogP contribution in [0.4, 0.5) is 23.4 Å². The monoisotopic (exact) mass is 924 g/mol. The van der Waals surface area contributed by atoms with E-state index in [-0.39, 0.29) is 54.7 Å². The fourth-order valence-corrected chi connectivity index (χ4v) is 12.2. The van der Waals surface area contributed by atoms with Crippen molar-refractivity contribution in [3.8, 4) is 10.6 Å². The zero-order chi connectivity index (χ0) is 38.4. The van der Waals surface area contributed by atoms with Crippen molar-refractivity contribution in [2.45, 2.75) is 41.3 Å². The molecule has 2 N–H and O–H groups in total. The van der Waals surface area contributed by atoms with Crippen LogP contribution in [0, 0.1) is 0 Å². The molecule has 5 heterocycles. The first-order valence-electron chi connectivity index (χ1n) is 14.2. The summed E-state index contributed by atoms with van der Waals surface area (Å²) >= 11 is 12.7. The van der Waals surface area contributed by atoms with Gasteiger partial charge in [-0.15, -0.1) is 45.3 Å². The van der Waals surface area contributed by atoms with Gasteiger partial charge >= 0.3 is 18.1 Å². The van der Waals surface area contributed by atoms with E-state index in [9.17, 15) is 39.6 Å². The molecule has 282 valence electrons. The largest absolute Gasteiger partial charge is 0.466 e. The summed E-state index contributed by atoms with van der Waals surface area (Å²) in [6.45, 7) is 3.92. The lowest BCUT2D eigenvalue weighted by Gasteiger charge is -2.04. The van der Waals surface area contributed by atoms with E-state index in [2.05, 4.69) is 40.4 Å². The third-order valence-electron chi connectivity index (χ3n) is 5.94. The average molecular weight is 926 g/mol. The van der Waals surface area contributed by atoms with Gasteiger partial charge in [0.05, 0.1) is 39.7 Å². The summed E-state index contributed by atoms with van der Waals surface area (Å²) in [4.78, 5) is 32.2. The fraction of sp³-hybridized carbons (Fsp3) is 0.296. The van der Waals surface area contributed by atoms with Gasteiger partial charge in [-0.25, -0.2) is 26.8 Å². The van der Waals surface area contributed by atoms with Gasteiger partial charge in [0.1, 0.15) is 15.6 Å². The van der Waals surface area contributed by atoms with Crippen LogP contribution in [0.3, 0.4) is 0 Å². The van der Waals surface area contributed by atoms with E-state index in [1.54, 1.807) is 13.8 Å². The smallest absolute Gasteiger partial charge is 0.433 e. The number of halogens is 5. The Bertz CT molecular complexity index is 2270. The van der Waals surface area contributed by atoms with E-state index < -0.39 is 37.9 Å². The van der Waals surface area contributed by atoms with E-state index in [0.717, 1.165) is 58.5 Å². The standard InChI is InChI=1S/C16H15F3N4O4S3.C11H10BrClN2O4S3/c1-3-27-13(24)6-9-8-20-15(28-9)22-30(25,26)14-5-4-11(29-14)10-7-12(16(17,18)19)23(2)21-10;1-2-19-9(16)3-6-5-14-11(20-6)15-22(17,18)10-7(12)4-8(13)21-10/h4-5,7-8H,3,6H2,1-2H3,(H,20,22);4-5H,2-3H2,1H3,(H,14,15). The number of carbonyl (C=O) groups is 2. The summed E-state index contributed by atoms with van der Waals surface area (Å²) in [5.41, 5.74) is -0.924. The van der Waals surface area contributed by atoms with Gasteiger partial charge in [-0.2, -0.15) is 18.3 Å². The van der Waals surface area contributed by atoms with Gasteiger partial charge in [0.15, 0.2) is 14.5 Å². The predicted octanol–water partition coefficient (Wildman–Crippen LogP) is 7.06. The van der Waals surface area contributed by atoms with Crippen LogP contribution >= 0.6 is 72.9 Å². The Morgan fingerprint density at radius 1 is 0.885 bits per heavy atom. The number of sulfonamides is 2. The molecule has 0 radical (unpaired) electrons. The minimum atomic E-state index is -4.57. The Balaban J connectivity index is 0.000000244. The molecular weight excluding hydrogens is 901 g/mol. The van der Waals surface area contributed by atoms with E-state index in [0.29, 0.717) is 29.9 Å². The number of aromatic nitrogens is 4. The Labute approximate surface area is 324 Å². The molecule has 5 aromatic heterocycles. The van der Waals surface area contributed by atoms with E-state index >= 15 is 0 Å². The summed E-state index contributed by atoms with van der Waals surface area (Å²) in [7, 11) is -6.63. The van der Waals surface area contributed by atoms with Crippen molar-refractivity contribution in [1.82, 2.24) is 19.7 Å². The third-order valence-corrected chi connectivity index (χ3v) is 15.2. The molecule has 0 aromatic carbocycles. The molecule has 0 aliphatic heterocycles. The predicted molar refractivity (Wildman–Crippen MR) is 195 cm³/mol. The van der Waals surface area contributed by atoms with Gasteiger partial charge < -0.3 is 9.47 Å². The van der Waals surface area contributed by atoms with Crippen molar-refractivity contribution in [3.63, 3.8) is 0 Å². The van der Waals surface area contributed by atoms with Gasteiger partial charge in [-0.3, -0.25) is 23.7 Å². The van der Waals surface area contributed by atoms with Crippen LogP contribution in [0.1, 0.15) is 29.3 Å². The normalized spacial score (nSPS) is 11.8. The van der Waals surface area contributed by atoms with Crippen LogP contribution in [0.2, 0.25) is 4.34 Å². The quantitative estimate of drug-likeness (QED) is 0.115. The van der Waals surface area contributed by atoms with Crippen LogP contribution in [0.15, 0.2) is 49.6 Å². The van der Waals surface area contributed by atoms with Crippen molar-refractivity contribution in [2.75, 3.05) is 22.7 Å². The Kier molecular flexibility index (Phi) is 13.9. The number of nitrogens with zero attached hydrogens (tertiary/aromatic N) is 4. The van der Waals surface area contributed by atoms with E-state index in [1.807, 2.05) is 0 Å². The number of hydrogen-bond donors (Lipinski definition) is 2. The first-order valence-corrected chi connectivity index (χ1v) is 21.6. The molecule has 14 nitrogen and oxygen atoms in total. The second-order valence-corrected chi connectivity index (χ2v) is 19.4. The summed E-state index contributed by atoms with van der Waals surface area (Å²) < 4.78 is 104. The molecule has 0 amide bonds. The third kappa shape index (κ3) is 11.2. The highest BCUT2D eigenvalue weighted by molar-refractivity contribution is 9.10. The number of rotatable bonds is 13. The number of aryl methyl sites for hydroxylation is 1. The highest BCUT2D eigenvalue weighted by atomic mass is 79.9. The highest BCUT2D eigenvalue weighted by Crippen LogP contribution is 2.37. The maximum atomic E-state index is 12.9. The van der Waals surface area contributed by atoms with Gasteiger partial charge in [0, 0.05) is 29.2 Å². The maximum Gasteiger partial charge on any atom is 0.433 e. The minimum Gasteiger partial charge on any atom is -0.466 e. The Hall–Kier alpha value is -3.13. The highest BCUT2D eigenvalue weighted by Gasteiger charge is 2.35. The van der Waals surface area contributed by atoms with Crippen molar-refractivity contribution in [2.24, 2.45) is 7.05 Å². The summed E-state index contributed by atoms with van der Waals surface area (Å²) in [5, 5.41) is 4.04. The first-order chi connectivity index (χ1) is 24.3. The molecule has 0 bridgehead atoms. The molecule has 0 saturated carbocycles. The first kappa shape index (κ1) is 41.6. The van der Waals surface area contributed by atoms with E-state index in [1.165, 1.54) is 30.6 Å². The number of thiazole rings is 2. The van der Waals surface area contributed by atoms with Gasteiger partial charge in [0.25, 0.3) is 20.0 Å². The molecule has 0 unspecified atom stereocenters. The molecule has 0 aliphatic rings. The molecule has 0 aliphatic carbocycles. The lowest BCUT2D eigenvalue weighted by Crippen LogP contribution is -2.11. The SMILES string of the molecule is CCOC(=O)Cc1cnc(NS(=O)(=O)c2ccc(-c3cc(C(F)(F)F)n(C)n3)s2)s1.CCOC(=O)Cc1cnc(NS(=O)(=O)c2sc(Cl)cc2Br)s1. The van der Waals surface area contributed by atoms with Gasteiger partial charge in [0.2, 0.25) is 0 Å². The van der Waals surface area contributed by atoms with Crippen molar-refractivity contribution in [3.05, 3.63) is 60.9 Å². The average Bonchev–Trinajstić information content (AvgIpc) is 3.86. The van der Waals surface area contributed by atoms with Gasteiger partial charge in [-0.05, 0) is 54.0 Å². The van der Waals surface area contributed by atoms with Crippen LogP contribution in [0.5, 0.6) is 0 Å². The summed E-state index contributed by atoms with van der Waals surface area (Å²) in [6.07, 6.45) is -1.74. The fourth-order valence-electron chi connectivity index (χ4n) is 3.87. The van der Waals surface area contributed by atoms with Crippen LogP contribution in [0.25, 0.3) is 10.6 Å². The molecule has 0 atom stereocenters. The number of anilines is 2. The molecule has 0 saturated heterocycles. The Morgan fingerprint density at radius 2 is 1.42 bits per heavy atom. The second kappa shape index (κ2) is 17.3. The molecule has 5 rings (SSSR count). The van der Waals surface area contributed by atoms with Crippen LogP contribution in [-0.2, 0) is 65.2 Å². The van der Waals surface area contributed by atoms with Crippen molar-refractivity contribution >= 4 is 115 Å². The lowest BCUT2D eigenvalue weighted by molar-refractivity contribution is -0.144. The maximum absolute atomic E-state index is 12.9. The zero-order valence-corrected chi connectivity index (χ0v) is 33.9. The lowest BCUT2D eigenvalue weighted by atomic mass is 10.3. The number of nitrogens with one attached hydrogen (secondary N) is 2.